The highest BCUT2D eigenvalue weighted by Crippen LogP contribution is 2.25. The zero-order chi connectivity index (χ0) is 15.1. The summed E-state index contributed by atoms with van der Waals surface area (Å²) in [7, 11) is 0. The largest absolute Gasteiger partial charge is 0.438 e. The van der Waals surface area contributed by atoms with E-state index in [0.717, 1.165) is 23.4 Å². The molecule has 3 nitrogen and oxygen atoms in total. The molecule has 1 aromatic carbocycles. The summed E-state index contributed by atoms with van der Waals surface area (Å²) < 4.78 is 5.92. The van der Waals surface area contributed by atoms with Gasteiger partial charge in [0, 0.05) is 30.4 Å². The second kappa shape index (κ2) is 7.60. The van der Waals surface area contributed by atoms with E-state index in [-0.39, 0.29) is 0 Å². The lowest BCUT2D eigenvalue weighted by Gasteiger charge is -2.11. The Morgan fingerprint density at radius 1 is 1.24 bits per heavy atom. The lowest BCUT2D eigenvalue weighted by Crippen LogP contribution is -2.21. The summed E-state index contributed by atoms with van der Waals surface area (Å²) in [6.45, 7) is 7.07. The zero-order valence-corrected chi connectivity index (χ0v) is 12.8. The third-order valence-corrected chi connectivity index (χ3v) is 2.99. The predicted molar refractivity (Wildman–Crippen MR) is 87.4 cm³/mol. The van der Waals surface area contributed by atoms with Gasteiger partial charge >= 0.3 is 0 Å². The highest BCUT2D eigenvalue weighted by Gasteiger charge is 2.04. The van der Waals surface area contributed by atoms with Gasteiger partial charge in [0.25, 0.3) is 0 Å². The van der Waals surface area contributed by atoms with Crippen LogP contribution in [-0.2, 0) is 6.54 Å². The van der Waals surface area contributed by atoms with Crippen LogP contribution in [0.15, 0.2) is 48.7 Å². The second-order valence-corrected chi connectivity index (χ2v) is 5.18. The maximum atomic E-state index is 5.92. The van der Waals surface area contributed by atoms with Gasteiger partial charge in [0.05, 0.1) is 0 Å². The Balaban J connectivity index is 2.14. The molecule has 21 heavy (non-hydrogen) atoms. The standard InChI is InChI=1S/C18H22N2O/c1-4-7-16-8-5-6-9-17(16)21-18-12-15(10-11-19-18)13-20-14(2)3/h4-12,14,20H,13H2,1-3H3. The quantitative estimate of drug-likeness (QED) is 0.852. The molecule has 0 saturated heterocycles. The molecule has 2 aromatic rings. The number of nitrogens with zero attached hydrogens (tertiary/aromatic N) is 1. The van der Waals surface area contributed by atoms with Gasteiger partial charge < -0.3 is 10.1 Å². The molecule has 1 N–H and O–H groups in total. The van der Waals surface area contributed by atoms with Gasteiger partial charge in [-0.15, -0.1) is 0 Å². The van der Waals surface area contributed by atoms with Crippen molar-refractivity contribution in [3.63, 3.8) is 0 Å². The normalized spacial score (nSPS) is 11.2. The van der Waals surface area contributed by atoms with Crippen LogP contribution in [0.1, 0.15) is 31.9 Å². The van der Waals surface area contributed by atoms with Crippen LogP contribution < -0.4 is 10.1 Å². The van der Waals surface area contributed by atoms with Crippen molar-refractivity contribution >= 4 is 6.08 Å². The van der Waals surface area contributed by atoms with Crippen molar-refractivity contribution < 1.29 is 4.74 Å². The van der Waals surface area contributed by atoms with E-state index in [4.69, 9.17) is 4.74 Å². The smallest absolute Gasteiger partial charge is 0.219 e. The van der Waals surface area contributed by atoms with Gasteiger partial charge in [0.2, 0.25) is 5.88 Å². The van der Waals surface area contributed by atoms with Crippen LogP contribution >= 0.6 is 0 Å². The fourth-order valence-electron chi connectivity index (χ4n) is 1.94. The van der Waals surface area contributed by atoms with Crippen molar-refractivity contribution in [1.29, 1.82) is 0 Å². The number of nitrogens with one attached hydrogen (secondary N) is 1. The Labute approximate surface area is 126 Å². The zero-order valence-electron chi connectivity index (χ0n) is 12.8. The number of hydrogen-bond donors (Lipinski definition) is 1. The molecule has 0 aliphatic carbocycles. The predicted octanol–water partition coefficient (Wildman–Crippen LogP) is 4.41. The van der Waals surface area contributed by atoms with E-state index in [2.05, 4.69) is 24.1 Å². The van der Waals surface area contributed by atoms with Crippen LogP contribution in [0.2, 0.25) is 0 Å². The number of allylic oxidation sites excluding steroid dienone is 1. The highest BCUT2D eigenvalue weighted by atomic mass is 16.5. The van der Waals surface area contributed by atoms with E-state index in [1.54, 1.807) is 6.20 Å². The van der Waals surface area contributed by atoms with E-state index in [1.807, 2.05) is 55.5 Å². The Morgan fingerprint density at radius 2 is 2.05 bits per heavy atom. The summed E-state index contributed by atoms with van der Waals surface area (Å²) in [5.74, 6) is 1.44. The van der Waals surface area contributed by atoms with Crippen LogP contribution in [0.25, 0.3) is 6.08 Å². The number of hydrogen-bond acceptors (Lipinski definition) is 3. The molecule has 0 saturated carbocycles. The van der Waals surface area contributed by atoms with Crippen molar-refractivity contribution in [2.24, 2.45) is 0 Å². The molecule has 1 aromatic heterocycles. The van der Waals surface area contributed by atoms with Crippen LogP contribution in [-0.4, -0.2) is 11.0 Å². The average molecular weight is 282 g/mol. The van der Waals surface area contributed by atoms with Crippen LogP contribution in [0, 0.1) is 0 Å². The molecule has 0 amide bonds. The Bertz CT molecular complexity index is 606. The number of aromatic nitrogens is 1. The lowest BCUT2D eigenvalue weighted by molar-refractivity contribution is 0.460. The lowest BCUT2D eigenvalue weighted by atomic mass is 10.2. The minimum Gasteiger partial charge on any atom is -0.438 e. The molecule has 0 unspecified atom stereocenters. The molecule has 110 valence electrons. The molecule has 0 spiro atoms. The third kappa shape index (κ3) is 4.72. The molecule has 0 fully saturated rings. The van der Waals surface area contributed by atoms with E-state index in [1.165, 1.54) is 0 Å². The summed E-state index contributed by atoms with van der Waals surface area (Å²) in [4.78, 5) is 4.29. The third-order valence-electron chi connectivity index (χ3n) is 2.99. The summed E-state index contributed by atoms with van der Waals surface area (Å²) >= 11 is 0. The summed E-state index contributed by atoms with van der Waals surface area (Å²) in [6.07, 6.45) is 5.81. The van der Waals surface area contributed by atoms with Crippen molar-refractivity contribution in [2.45, 2.75) is 33.4 Å². The van der Waals surface area contributed by atoms with Crippen molar-refractivity contribution in [3.8, 4) is 11.6 Å². The minimum absolute atomic E-state index is 0.456. The highest BCUT2D eigenvalue weighted by molar-refractivity contribution is 5.57. The Morgan fingerprint density at radius 3 is 2.81 bits per heavy atom. The molecule has 0 bridgehead atoms. The van der Waals surface area contributed by atoms with E-state index in [0.29, 0.717) is 11.9 Å². The van der Waals surface area contributed by atoms with Gasteiger partial charge in [0.15, 0.2) is 0 Å². The first-order valence-corrected chi connectivity index (χ1v) is 7.27. The number of pyridine rings is 1. The molecule has 0 aliphatic rings. The van der Waals surface area contributed by atoms with Crippen LogP contribution in [0.5, 0.6) is 11.6 Å². The van der Waals surface area contributed by atoms with Gasteiger partial charge in [-0.3, -0.25) is 0 Å². The molecule has 3 heteroatoms. The molecular formula is C18H22N2O. The fourth-order valence-corrected chi connectivity index (χ4v) is 1.94. The number of para-hydroxylation sites is 1. The summed E-state index contributed by atoms with van der Waals surface area (Å²) in [5, 5.41) is 3.39. The fraction of sp³-hybridized carbons (Fsp3) is 0.278. The second-order valence-electron chi connectivity index (χ2n) is 5.18. The number of ether oxygens (including phenoxy) is 1. The molecule has 0 radical (unpaired) electrons. The number of rotatable bonds is 6. The summed E-state index contributed by atoms with van der Waals surface area (Å²) in [6, 6.07) is 12.4. The minimum atomic E-state index is 0.456. The van der Waals surface area contributed by atoms with Crippen LogP contribution in [0.3, 0.4) is 0 Å². The van der Waals surface area contributed by atoms with E-state index >= 15 is 0 Å². The molecular weight excluding hydrogens is 260 g/mol. The van der Waals surface area contributed by atoms with Crippen molar-refractivity contribution in [2.75, 3.05) is 0 Å². The molecule has 0 atom stereocenters. The SMILES string of the molecule is CC=Cc1ccccc1Oc1cc(CNC(C)C)ccn1. The average Bonchev–Trinajstić information content (AvgIpc) is 2.48. The first-order chi connectivity index (χ1) is 10.2. The monoisotopic (exact) mass is 282 g/mol. The van der Waals surface area contributed by atoms with Gasteiger partial charge in [-0.2, -0.15) is 0 Å². The summed E-state index contributed by atoms with van der Waals surface area (Å²) in [5.41, 5.74) is 2.21. The molecule has 0 aliphatic heterocycles. The van der Waals surface area contributed by atoms with Gasteiger partial charge in [-0.1, -0.05) is 44.2 Å². The van der Waals surface area contributed by atoms with Crippen molar-refractivity contribution in [1.82, 2.24) is 10.3 Å². The Kier molecular flexibility index (Phi) is 5.52. The first kappa shape index (κ1) is 15.3. The maximum Gasteiger partial charge on any atom is 0.219 e. The number of benzene rings is 1. The molecule has 2 rings (SSSR count). The van der Waals surface area contributed by atoms with Gasteiger partial charge in [-0.25, -0.2) is 4.98 Å². The first-order valence-electron chi connectivity index (χ1n) is 7.27. The van der Waals surface area contributed by atoms with E-state index < -0.39 is 0 Å². The maximum absolute atomic E-state index is 5.92. The van der Waals surface area contributed by atoms with Gasteiger partial charge in [0.1, 0.15) is 5.75 Å². The van der Waals surface area contributed by atoms with E-state index in [9.17, 15) is 0 Å². The Hall–Kier alpha value is -2.13. The van der Waals surface area contributed by atoms with Crippen molar-refractivity contribution in [3.05, 3.63) is 59.8 Å². The molecule has 1 heterocycles. The van der Waals surface area contributed by atoms with Crippen LogP contribution in [0.4, 0.5) is 0 Å². The van der Waals surface area contributed by atoms with Gasteiger partial charge in [-0.05, 0) is 24.6 Å². The topological polar surface area (TPSA) is 34.1 Å².